The molecule has 0 atom stereocenters. The minimum Gasteiger partial charge on any atom is -0.316 e. The third-order valence-electron chi connectivity index (χ3n) is 2.63. The van der Waals surface area contributed by atoms with Crippen LogP contribution in [-0.2, 0) is 13.0 Å². The molecule has 1 aromatic carbocycles. The van der Waals surface area contributed by atoms with Crippen LogP contribution in [0.15, 0.2) is 42.6 Å². The fraction of sp³-hybridized carbons (Fsp3) is 0.214. The van der Waals surface area contributed by atoms with E-state index in [0.29, 0.717) is 0 Å². The molecular weight excluding hydrogens is 232 g/mol. The molecule has 2 nitrogen and oxygen atoms in total. The zero-order chi connectivity index (χ0) is 12.1. The fourth-order valence-electron chi connectivity index (χ4n) is 1.82. The predicted molar refractivity (Wildman–Crippen MR) is 71.3 cm³/mol. The first-order valence-electron chi connectivity index (χ1n) is 5.61. The molecule has 0 aliphatic heterocycles. The molecule has 1 aromatic heterocycles. The summed E-state index contributed by atoms with van der Waals surface area (Å²) < 4.78 is 0. The maximum absolute atomic E-state index is 6.01. The average molecular weight is 247 g/mol. The van der Waals surface area contributed by atoms with E-state index in [4.69, 9.17) is 11.6 Å². The number of hydrogen-bond donors (Lipinski definition) is 1. The van der Waals surface area contributed by atoms with Gasteiger partial charge in [-0.05, 0) is 42.4 Å². The van der Waals surface area contributed by atoms with Gasteiger partial charge in [-0.25, -0.2) is 0 Å². The van der Waals surface area contributed by atoms with Crippen LogP contribution in [0.3, 0.4) is 0 Å². The monoisotopic (exact) mass is 246 g/mol. The van der Waals surface area contributed by atoms with Crippen molar-refractivity contribution in [1.82, 2.24) is 10.3 Å². The lowest BCUT2D eigenvalue weighted by Gasteiger charge is -2.09. The summed E-state index contributed by atoms with van der Waals surface area (Å²) in [5, 5.41) is 3.94. The highest BCUT2D eigenvalue weighted by molar-refractivity contribution is 6.30. The highest BCUT2D eigenvalue weighted by Crippen LogP contribution is 2.18. The molecule has 0 radical (unpaired) electrons. The molecule has 0 spiro atoms. The van der Waals surface area contributed by atoms with Gasteiger partial charge in [0.2, 0.25) is 0 Å². The summed E-state index contributed by atoms with van der Waals surface area (Å²) in [6.45, 7) is 0.822. The smallest absolute Gasteiger partial charge is 0.0447 e. The van der Waals surface area contributed by atoms with Crippen molar-refractivity contribution < 1.29 is 0 Å². The summed E-state index contributed by atoms with van der Waals surface area (Å²) in [6.07, 6.45) is 2.66. The van der Waals surface area contributed by atoms with Gasteiger partial charge in [-0.3, -0.25) is 4.98 Å². The zero-order valence-electron chi connectivity index (χ0n) is 9.78. The van der Waals surface area contributed by atoms with Crippen molar-refractivity contribution in [2.24, 2.45) is 0 Å². The van der Waals surface area contributed by atoms with E-state index in [1.165, 1.54) is 11.1 Å². The summed E-state index contributed by atoms with van der Waals surface area (Å²) in [7, 11) is 1.94. The van der Waals surface area contributed by atoms with Gasteiger partial charge in [0.15, 0.2) is 0 Å². The van der Waals surface area contributed by atoms with Crippen molar-refractivity contribution in [3.8, 4) is 0 Å². The average Bonchev–Trinajstić information content (AvgIpc) is 2.34. The number of pyridine rings is 1. The highest BCUT2D eigenvalue weighted by atomic mass is 35.5. The van der Waals surface area contributed by atoms with Crippen molar-refractivity contribution in [3.63, 3.8) is 0 Å². The molecule has 1 heterocycles. The van der Waals surface area contributed by atoms with Crippen LogP contribution in [0.1, 0.15) is 16.8 Å². The summed E-state index contributed by atoms with van der Waals surface area (Å²) >= 11 is 6.01. The van der Waals surface area contributed by atoms with E-state index in [0.717, 1.165) is 23.7 Å². The van der Waals surface area contributed by atoms with Crippen molar-refractivity contribution in [2.75, 3.05) is 7.05 Å². The van der Waals surface area contributed by atoms with Crippen molar-refractivity contribution in [1.29, 1.82) is 0 Å². The summed E-state index contributed by atoms with van der Waals surface area (Å²) in [5.41, 5.74) is 3.57. The maximum atomic E-state index is 6.01. The molecule has 2 rings (SSSR count). The number of nitrogens with zero attached hydrogens (tertiary/aromatic N) is 1. The molecule has 17 heavy (non-hydrogen) atoms. The number of halogens is 1. The van der Waals surface area contributed by atoms with Crippen LogP contribution in [-0.4, -0.2) is 12.0 Å². The number of hydrogen-bond acceptors (Lipinski definition) is 2. The Morgan fingerprint density at radius 3 is 2.76 bits per heavy atom. The predicted octanol–water partition coefficient (Wildman–Crippen LogP) is 3.05. The molecule has 0 saturated carbocycles. The number of rotatable bonds is 4. The summed E-state index contributed by atoms with van der Waals surface area (Å²) in [6, 6.07) is 12.0. The first kappa shape index (κ1) is 12.1. The second-order valence-electron chi connectivity index (χ2n) is 3.94. The molecule has 3 heteroatoms. The van der Waals surface area contributed by atoms with Gasteiger partial charge in [0, 0.05) is 29.9 Å². The minimum atomic E-state index is 0.778. The maximum Gasteiger partial charge on any atom is 0.0447 e. The van der Waals surface area contributed by atoms with E-state index < -0.39 is 0 Å². The van der Waals surface area contributed by atoms with E-state index in [-0.39, 0.29) is 0 Å². The fourth-order valence-corrected chi connectivity index (χ4v) is 2.01. The van der Waals surface area contributed by atoms with Crippen LogP contribution >= 0.6 is 11.6 Å². The Labute approximate surface area is 107 Å². The molecule has 0 aliphatic carbocycles. The molecule has 0 fully saturated rings. The summed E-state index contributed by atoms with van der Waals surface area (Å²) in [4.78, 5) is 4.34. The van der Waals surface area contributed by atoms with Gasteiger partial charge in [0.05, 0.1) is 0 Å². The number of benzene rings is 1. The third-order valence-corrected chi connectivity index (χ3v) is 2.87. The Balaban J connectivity index is 2.26. The van der Waals surface area contributed by atoms with Gasteiger partial charge in [-0.15, -0.1) is 0 Å². The molecular formula is C14H15ClN2. The normalized spacial score (nSPS) is 10.5. The molecule has 0 unspecified atom stereocenters. The lowest BCUT2D eigenvalue weighted by atomic mass is 10.0. The van der Waals surface area contributed by atoms with E-state index >= 15 is 0 Å². The van der Waals surface area contributed by atoms with Gasteiger partial charge >= 0.3 is 0 Å². The number of aromatic nitrogens is 1. The van der Waals surface area contributed by atoms with Crippen molar-refractivity contribution in [3.05, 3.63) is 64.4 Å². The Morgan fingerprint density at radius 2 is 2.06 bits per heavy atom. The van der Waals surface area contributed by atoms with E-state index in [9.17, 15) is 0 Å². The minimum absolute atomic E-state index is 0.778. The molecule has 1 N–H and O–H groups in total. The molecule has 0 amide bonds. The Morgan fingerprint density at radius 1 is 1.18 bits per heavy atom. The standard InChI is InChI=1S/C14H15ClN2/c1-16-10-12-8-13(15)6-5-11(12)9-14-4-2-3-7-17-14/h2-8,16H,9-10H2,1H3. The van der Waals surface area contributed by atoms with E-state index in [1.54, 1.807) is 0 Å². The molecule has 2 aromatic rings. The van der Waals surface area contributed by atoms with E-state index in [2.05, 4.69) is 16.4 Å². The Hall–Kier alpha value is -1.38. The van der Waals surface area contributed by atoms with Gasteiger partial charge in [0.1, 0.15) is 0 Å². The first-order valence-corrected chi connectivity index (χ1v) is 5.99. The third kappa shape index (κ3) is 3.29. The van der Waals surface area contributed by atoms with Crippen LogP contribution in [0.25, 0.3) is 0 Å². The van der Waals surface area contributed by atoms with Crippen molar-refractivity contribution in [2.45, 2.75) is 13.0 Å². The SMILES string of the molecule is CNCc1cc(Cl)ccc1Cc1ccccn1. The lowest BCUT2D eigenvalue weighted by Crippen LogP contribution is -2.08. The second kappa shape index (κ2) is 5.80. The van der Waals surface area contributed by atoms with Crippen LogP contribution in [0.4, 0.5) is 0 Å². The van der Waals surface area contributed by atoms with Crippen molar-refractivity contribution >= 4 is 11.6 Å². The van der Waals surface area contributed by atoms with Crippen LogP contribution < -0.4 is 5.32 Å². The van der Waals surface area contributed by atoms with Crippen LogP contribution in [0.2, 0.25) is 5.02 Å². The quantitative estimate of drug-likeness (QED) is 0.897. The van der Waals surface area contributed by atoms with Gasteiger partial charge in [-0.2, -0.15) is 0 Å². The van der Waals surface area contributed by atoms with Gasteiger partial charge in [-0.1, -0.05) is 23.7 Å². The van der Waals surface area contributed by atoms with Gasteiger partial charge < -0.3 is 5.32 Å². The van der Waals surface area contributed by atoms with Crippen LogP contribution in [0.5, 0.6) is 0 Å². The largest absolute Gasteiger partial charge is 0.316 e. The summed E-state index contributed by atoms with van der Waals surface area (Å²) in [5.74, 6) is 0. The zero-order valence-corrected chi connectivity index (χ0v) is 10.5. The van der Waals surface area contributed by atoms with E-state index in [1.807, 2.05) is 43.6 Å². The van der Waals surface area contributed by atoms with Gasteiger partial charge in [0.25, 0.3) is 0 Å². The second-order valence-corrected chi connectivity index (χ2v) is 4.38. The Kier molecular flexibility index (Phi) is 4.13. The Bertz CT molecular complexity index is 483. The molecule has 0 aliphatic rings. The molecule has 0 bridgehead atoms. The highest BCUT2D eigenvalue weighted by Gasteiger charge is 2.04. The topological polar surface area (TPSA) is 24.9 Å². The number of nitrogens with one attached hydrogen (secondary N) is 1. The molecule has 88 valence electrons. The lowest BCUT2D eigenvalue weighted by molar-refractivity contribution is 0.806. The molecule has 0 saturated heterocycles. The first-order chi connectivity index (χ1) is 8.29. The van der Waals surface area contributed by atoms with Crippen LogP contribution in [0, 0.1) is 0 Å².